The van der Waals surface area contributed by atoms with E-state index in [0.29, 0.717) is 18.4 Å². The number of ketones is 1. The number of carbonyl (C=O) groups excluding carboxylic acids is 3. The normalized spacial score (nSPS) is 43.9. The molecule has 3 aliphatic rings. The fraction of sp³-hybridized carbons (Fsp3) is 0.682. The van der Waals surface area contributed by atoms with Crippen LogP contribution in [0.3, 0.4) is 0 Å². The van der Waals surface area contributed by atoms with Crippen LogP contribution in [0.4, 0.5) is 0 Å². The van der Waals surface area contributed by atoms with E-state index in [4.69, 9.17) is 21.1 Å². The SMILES string of the molecule is CC(=O)OC1CCC(CCl)=CC2OC(=O)C(C)C2(O)C(O)C2C(C)C(=O)C=CC12C. The van der Waals surface area contributed by atoms with E-state index in [2.05, 4.69) is 0 Å². The minimum absolute atomic E-state index is 0.131. The second-order valence-corrected chi connectivity index (χ2v) is 9.19. The maximum Gasteiger partial charge on any atom is 0.312 e. The minimum Gasteiger partial charge on any atom is -0.462 e. The molecule has 8 heteroatoms. The molecule has 7 nitrogen and oxygen atoms in total. The third kappa shape index (κ3) is 3.51. The third-order valence-electron chi connectivity index (χ3n) is 7.16. The highest BCUT2D eigenvalue weighted by Gasteiger charge is 2.64. The van der Waals surface area contributed by atoms with Crippen molar-refractivity contribution in [2.24, 2.45) is 23.2 Å². The Hall–Kier alpha value is -1.70. The van der Waals surface area contributed by atoms with Gasteiger partial charge in [-0.1, -0.05) is 25.5 Å². The summed E-state index contributed by atoms with van der Waals surface area (Å²) in [6.07, 6.45) is 2.26. The van der Waals surface area contributed by atoms with Gasteiger partial charge in [0.05, 0.1) is 12.0 Å². The molecule has 8 unspecified atom stereocenters. The Morgan fingerprint density at radius 1 is 1.37 bits per heavy atom. The van der Waals surface area contributed by atoms with Crippen LogP contribution in [-0.2, 0) is 23.9 Å². The highest BCUT2D eigenvalue weighted by Crippen LogP contribution is 2.51. The Labute approximate surface area is 181 Å². The molecule has 0 radical (unpaired) electrons. The zero-order chi connectivity index (χ0) is 22.4. The van der Waals surface area contributed by atoms with Crippen LogP contribution < -0.4 is 0 Å². The predicted molar refractivity (Wildman–Crippen MR) is 108 cm³/mol. The molecular formula is C22H29ClO7. The average molecular weight is 441 g/mol. The first-order chi connectivity index (χ1) is 14.0. The van der Waals surface area contributed by atoms with Crippen molar-refractivity contribution in [1.82, 2.24) is 0 Å². The van der Waals surface area contributed by atoms with Gasteiger partial charge >= 0.3 is 11.9 Å². The number of ether oxygens (including phenoxy) is 2. The first kappa shape index (κ1) is 23.0. The van der Waals surface area contributed by atoms with Crippen LogP contribution in [0.2, 0.25) is 0 Å². The second-order valence-electron chi connectivity index (χ2n) is 8.92. The predicted octanol–water partition coefficient (Wildman–Crippen LogP) is 1.93. The number of aliphatic hydroxyl groups excluding tert-OH is 1. The smallest absolute Gasteiger partial charge is 0.312 e. The van der Waals surface area contributed by atoms with Crippen LogP contribution in [0.1, 0.15) is 40.5 Å². The number of halogens is 1. The summed E-state index contributed by atoms with van der Waals surface area (Å²) in [5, 5.41) is 23.2. The van der Waals surface area contributed by atoms with Crippen molar-refractivity contribution in [1.29, 1.82) is 0 Å². The van der Waals surface area contributed by atoms with E-state index in [0.717, 1.165) is 0 Å². The quantitative estimate of drug-likeness (QED) is 0.383. The molecule has 8 atom stereocenters. The van der Waals surface area contributed by atoms with E-state index in [1.165, 1.54) is 19.9 Å². The summed E-state index contributed by atoms with van der Waals surface area (Å²) in [5.74, 6) is -3.68. The van der Waals surface area contributed by atoms with Crippen LogP contribution in [0, 0.1) is 23.2 Å². The van der Waals surface area contributed by atoms with Gasteiger partial charge in [0.25, 0.3) is 0 Å². The number of esters is 2. The lowest BCUT2D eigenvalue weighted by Crippen LogP contribution is -2.62. The van der Waals surface area contributed by atoms with Gasteiger partial charge in [0.2, 0.25) is 0 Å². The number of hydrogen-bond donors (Lipinski definition) is 2. The van der Waals surface area contributed by atoms with Crippen LogP contribution in [-0.4, -0.2) is 57.7 Å². The Bertz CT molecular complexity index is 805. The van der Waals surface area contributed by atoms with Gasteiger partial charge in [-0.05, 0) is 31.9 Å². The van der Waals surface area contributed by atoms with Gasteiger partial charge in [-0.3, -0.25) is 14.4 Å². The molecule has 166 valence electrons. The molecule has 0 aromatic heterocycles. The second kappa shape index (κ2) is 8.09. The summed E-state index contributed by atoms with van der Waals surface area (Å²) in [4.78, 5) is 36.8. The maximum absolute atomic E-state index is 12.5. The molecular weight excluding hydrogens is 412 g/mol. The molecule has 1 heterocycles. The van der Waals surface area contributed by atoms with Gasteiger partial charge in [-0.15, -0.1) is 11.6 Å². The molecule has 2 N–H and O–H groups in total. The minimum atomic E-state index is -1.96. The first-order valence-corrected chi connectivity index (χ1v) is 10.8. The molecule has 30 heavy (non-hydrogen) atoms. The van der Waals surface area contributed by atoms with E-state index >= 15 is 0 Å². The summed E-state index contributed by atoms with van der Waals surface area (Å²) in [5.41, 5.74) is -2.21. The summed E-state index contributed by atoms with van der Waals surface area (Å²) in [6.45, 7) is 6.29. The van der Waals surface area contributed by atoms with Crippen LogP contribution >= 0.6 is 11.6 Å². The van der Waals surface area contributed by atoms with Crippen molar-refractivity contribution in [2.75, 3.05) is 5.88 Å². The molecule has 1 saturated heterocycles. The monoisotopic (exact) mass is 440 g/mol. The summed E-state index contributed by atoms with van der Waals surface area (Å²) in [6, 6.07) is 0. The van der Waals surface area contributed by atoms with Gasteiger partial charge in [0.15, 0.2) is 11.9 Å². The summed E-state index contributed by atoms with van der Waals surface area (Å²) >= 11 is 6.09. The van der Waals surface area contributed by atoms with E-state index in [9.17, 15) is 24.6 Å². The molecule has 0 bridgehead atoms. The standard InChI is InChI=1S/C22H29ClO7/c1-11-15(25)7-8-21(4)16(29-13(3)24)6-5-14(10-23)9-17-22(28,19(26)18(11)21)12(2)20(27)30-17/h7-9,11-12,16-19,26,28H,5-6,10H2,1-4H3. The average Bonchev–Trinajstić information content (AvgIpc) is 2.90. The van der Waals surface area contributed by atoms with Gasteiger partial charge in [-0.25, -0.2) is 0 Å². The van der Waals surface area contributed by atoms with Crippen molar-refractivity contribution in [3.05, 3.63) is 23.8 Å². The van der Waals surface area contributed by atoms with Gasteiger partial charge in [-0.2, -0.15) is 0 Å². The number of alkyl halides is 1. The van der Waals surface area contributed by atoms with Crippen molar-refractivity contribution >= 4 is 29.3 Å². The molecule has 0 spiro atoms. The van der Waals surface area contributed by atoms with E-state index < -0.39 is 59.0 Å². The molecule has 0 aromatic rings. The largest absolute Gasteiger partial charge is 0.462 e. The Kier molecular flexibility index (Phi) is 6.20. The van der Waals surface area contributed by atoms with Crippen LogP contribution in [0.15, 0.2) is 23.8 Å². The number of hydrogen-bond acceptors (Lipinski definition) is 7. The lowest BCUT2D eigenvalue weighted by molar-refractivity contribution is -0.185. The van der Waals surface area contributed by atoms with Crippen LogP contribution in [0.5, 0.6) is 0 Å². The highest BCUT2D eigenvalue weighted by atomic mass is 35.5. The molecule has 0 amide bonds. The lowest BCUT2D eigenvalue weighted by atomic mass is 9.56. The molecule has 3 rings (SSSR count). The van der Waals surface area contributed by atoms with Gasteiger partial charge < -0.3 is 19.7 Å². The fourth-order valence-corrected chi connectivity index (χ4v) is 5.46. The fourth-order valence-electron chi connectivity index (χ4n) is 5.23. The maximum atomic E-state index is 12.5. The highest BCUT2D eigenvalue weighted by molar-refractivity contribution is 6.19. The molecule has 0 aromatic carbocycles. The number of fused-ring (bicyclic) bond motifs is 2. The Morgan fingerprint density at radius 3 is 2.63 bits per heavy atom. The summed E-state index contributed by atoms with van der Waals surface area (Å²) in [7, 11) is 0. The van der Waals surface area contributed by atoms with Gasteiger partial charge in [0, 0.05) is 30.1 Å². The zero-order valence-corrected chi connectivity index (χ0v) is 18.4. The number of allylic oxidation sites excluding steroid dienone is 2. The lowest BCUT2D eigenvalue weighted by Gasteiger charge is -2.51. The summed E-state index contributed by atoms with van der Waals surface area (Å²) < 4.78 is 11.1. The molecule has 1 aliphatic heterocycles. The van der Waals surface area contributed by atoms with Crippen molar-refractivity contribution < 1.29 is 34.1 Å². The number of carbonyl (C=O) groups is 3. The zero-order valence-electron chi connectivity index (χ0n) is 17.6. The Morgan fingerprint density at radius 2 is 2.03 bits per heavy atom. The van der Waals surface area contributed by atoms with E-state index in [1.54, 1.807) is 26.0 Å². The molecule has 0 saturated carbocycles. The Balaban J connectivity index is 2.22. The van der Waals surface area contributed by atoms with Crippen molar-refractivity contribution in [3.63, 3.8) is 0 Å². The number of rotatable bonds is 2. The van der Waals surface area contributed by atoms with Crippen LogP contribution in [0.25, 0.3) is 0 Å². The van der Waals surface area contributed by atoms with Crippen molar-refractivity contribution in [3.8, 4) is 0 Å². The van der Waals surface area contributed by atoms with Gasteiger partial charge in [0.1, 0.15) is 11.7 Å². The van der Waals surface area contributed by atoms with E-state index in [1.807, 2.05) is 0 Å². The first-order valence-electron chi connectivity index (χ1n) is 10.2. The molecule has 1 fully saturated rings. The van der Waals surface area contributed by atoms with E-state index in [-0.39, 0.29) is 11.7 Å². The number of aliphatic hydroxyl groups is 2. The third-order valence-corrected chi connectivity index (χ3v) is 7.50. The molecule has 2 aliphatic carbocycles. The van der Waals surface area contributed by atoms with Crippen molar-refractivity contribution in [2.45, 2.75) is 64.4 Å². The topological polar surface area (TPSA) is 110 Å².